The number of nitrogens with two attached hydrogens (primary N) is 1. The van der Waals surface area contributed by atoms with Crippen LogP contribution in [0.15, 0.2) is 5.38 Å². The van der Waals surface area contributed by atoms with Gasteiger partial charge < -0.3 is 5.73 Å². The van der Waals surface area contributed by atoms with Crippen LogP contribution in [0, 0.1) is 12.8 Å². The molecule has 1 unspecified atom stereocenters. The Labute approximate surface area is 76.8 Å². The topological polar surface area (TPSA) is 38.9 Å². The van der Waals surface area contributed by atoms with Crippen LogP contribution in [0.3, 0.4) is 0 Å². The van der Waals surface area contributed by atoms with Gasteiger partial charge in [0.05, 0.1) is 6.04 Å². The summed E-state index contributed by atoms with van der Waals surface area (Å²) in [5.74, 6) is 0.704. The van der Waals surface area contributed by atoms with Crippen molar-refractivity contribution in [3.8, 4) is 0 Å². The first-order valence-corrected chi connectivity index (χ1v) is 5.33. The molecule has 1 fully saturated rings. The van der Waals surface area contributed by atoms with E-state index in [4.69, 9.17) is 5.73 Å². The van der Waals surface area contributed by atoms with Gasteiger partial charge in [-0.25, -0.2) is 4.98 Å². The first-order valence-electron chi connectivity index (χ1n) is 4.45. The molecule has 1 saturated carbocycles. The van der Waals surface area contributed by atoms with Crippen molar-refractivity contribution in [1.29, 1.82) is 0 Å². The summed E-state index contributed by atoms with van der Waals surface area (Å²) < 4.78 is 0. The van der Waals surface area contributed by atoms with Crippen molar-refractivity contribution in [2.24, 2.45) is 11.7 Å². The zero-order valence-electron chi connectivity index (χ0n) is 7.29. The Balaban J connectivity index is 2.08. The van der Waals surface area contributed by atoms with Crippen LogP contribution in [0.25, 0.3) is 0 Å². The van der Waals surface area contributed by atoms with Crippen molar-refractivity contribution >= 4 is 11.3 Å². The minimum absolute atomic E-state index is 0.206. The van der Waals surface area contributed by atoms with E-state index < -0.39 is 0 Å². The Morgan fingerprint density at radius 1 is 1.67 bits per heavy atom. The van der Waals surface area contributed by atoms with Crippen LogP contribution in [-0.2, 0) is 0 Å². The van der Waals surface area contributed by atoms with Gasteiger partial charge >= 0.3 is 0 Å². The molecule has 0 amide bonds. The molecular formula is C9H14N2S. The number of nitrogens with zero attached hydrogens (tertiary/aromatic N) is 1. The molecule has 0 aromatic carbocycles. The van der Waals surface area contributed by atoms with Gasteiger partial charge in [-0.15, -0.1) is 11.3 Å². The highest BCUT2D eigenvalue weighted by Crippen LogP contribution is 2.36. The third-order valence-corrected chi connectivity index (χ3v) is 3.64. The molecule has 1 aromatic heterocycles. The Morgan fingerprint density at radius 2 is 2.42 bits per heavy atom. The normalized spacial score (nSPS) is 20.5. The fraction of sp³-hybridized carbons (Fsp3) is 0.667. The van der Waals surface area contributed by atoms with Gasteiger partial charge in [0.25, 0.3) is 0 Å². The Bertz CT molecular complexity index is 265. The SMILES string of the molecule is Cc1csc(C(N)C2CCC2)n1. The Hall–Kier alpha value is -0.410. The van der Waals surface area contributed by atoms with E-state index in [0.29, 0.717) is 5.92 Å². The van der Waals surface area contributed by atoms with Gasteiger partial charge in [-0.1, -0.05) is 6.42 Å². The molecule has 3 heteroatoms. The largest absolute Gasteiger partial charge is 0.322 e. The van der Waals surface area contributed by atoms with E-state index in [1.165, 1.54) is 19.3 Å². The molecule has 0 radical (unpaired) electrons. The molecule has 1 aliphatic carbocycles. The fourth-order valence-corrected chi connectivity index (χ4v) is 2.42. The lowest BCUT2D eigenvalue weighted by molar-refractivity contribution is 0.264. The molecule has 0 bridgehead atoms. The second-order valence-electron chi connectivity index (χ2n) is 3.54. The molecule has 1 heterocycles. The molecule has 0 saturated heterocycles. The van der Waals surface area contributed by atoms with Crippen molar-refractivity contribution in [3.63, 3.8) is 0 Å². The summed E-state index contributed by atoms with van der Waals surface area (Å²) in [6, 6.07) is 0.206. The van der Waals surface area contributed by atoms with Gasteiger partial charge in [-0.3, -0.25) is 0 Å². The van der Waals surface area contributed by atoms with E-state index in [2.05, 4.69) is 10.4 Å². The number of hydrogen-bond acceptors (Lipinski definition) is 3. The maximum atomic E-state index is 6.06. The van der Waals surface area contributed by atoms with Gasteiger partial charge in [0.2, 0.25) is 0 Å². The third kappa shape index (κ3) is 1.39. The number of aromatic nitrogens is 1. The molecule has 1 aromatic rings. The fourth-order valence-electron chi connectivity index (χ4n) is 1.53. The van der Waals surface area contributed by atoms with Crippen molar-refractivity contribution < 1.29 is 0 Å². The molecule has 2 rings (SSSR count). The molecule has 1 atom stereocenters. The van der Waals surface area contributed by atoms with Crippen LogP contribution >= 0.6 is 11.3 Å². The maximum Gasteiger partial charge on any atom is 0.110 e. The van der Waals surface area contributed by atoms with Crippen molar-refractivity contribution in [3.05, 3.63) is 16.1 Å². The third-order valence-electron chi connectivity index (χ3n) is 2.58. The Morgan fingerprint density at radius 3 is 2.83 bits per heavy atom. The second-order valence-corrected chi connectivity index (χ2v) is 4.43. The number of hydrogen-bond donors (Lipinski definition) is 1. The number of aryl methyl sites for hydroxylation is 1. The molecule has 12 heavy (non-hydrogen) atoms. The first kappa shape index (κ1) is 8.20. The molecule has 0 aliphatic heterocycles. The molecular weight excluding hydrogens is 168 g/mol. The van der Waals surface area contributed by atoms with Crippen LogP contribution in [0.5, 0.6) is 0 Å². The second kappa shape index (κ2) is 3.15. The Kier molecular flexibility index (Phi) is 2.15. The van der Waals surface area contributed by atoms with Crippen molar-refractivity contribution in [2.75, 3.05) is 0 Å². The van der Waals surface area contributed by atoms with Gasteiger partial charge in [0.15, 0.2) is 0 Å². The van der Waals surface area contributed by atoms with Gasteiger partial charge in [0.1, 0.15) is 5.01 Å². The predicted octanol–water partition coefficient (Wildman–Crippen LogP) is 2.25. The van der Waals surface area contributed by atoms with E-state index >= 15 is 0 Å². The highest BCUT2D eigenvalue weighted by Gasteiger charge is 2.27. The molecule has 2 N–H and O–H groups in total. The van der Waals surface area contributed by atoms with Gasteiger partial charge in [-0.05, 0) is 25.7 Å². The summed E-state index contributed by atoms with van der Waals surface area (Å²) >= 11 is 1.70. The lowest BCUT2D eigenvalue weighted by atomic mass is 9.80. The quantitative estimate of drug-likeness (QED) is 0.762. The maximum absolute atomic E-state index is 6.06. The summed E-state index contributed by atoms with van der Waals surface area (Å²) in [7, 11) is 0. The van der Waals surface area contributed by atoms with E-state index in [-0.39, 0.29) is 6.04 Å². The molecule has 66 valence electrons. The van der Waals surface area contributed by atoms with Crippen LogP contribution in [0.2, 0.25) is 0 Å². The lowest BCUT2D eigenvalue weighted by Gasteiger charge is -2.29. The molecule has 2 nitrogen and oxygen atoms in total. The average molecular weight is 182 g/mol. The summed E-state index contributed by atoms with van der Waals surface area (Å²) in [6.45, 7) is 2.02. The average Bonchev–Trinajstić information content (AvgIpc) is 2.31. The van der Waals surface area contributed by atoms with E-state index in [9.17, 15) is 0 Å². The summed E-state index contributed by atoms with van der Waals surface area (Å²) in [6.07, 6.45) is 3.93. The van der Waals surface area contributed by atoms with Gasteiger partial charge in [-0.2, -0.15) is 0 Å². The minimum Gasteiger partial charge on any atom is -0.322 e. The monoisotopic (exact) mass is 182 g/mol. The highest BCUT2D eigenvalue weighted by molar-refractivity contribution is 7.09. The van der Waals surface area contributed by atoms with Gasteiger partial charge in [0, 0.05) is 11.1 Å². The zero-order chi connectivity index (χ0) is 8.55. The van der Waals surface area contributed by atoms with Crippen LogP contribution < -0.4 is 5.73 Å². The predicted molar refractivity (Wildman–Crippen MR) is 51.1 cm³/mol. The van der Waals surface area contributed by atoms with Crippen molar-refractivity contribution in [1.82, 2.24) is 4.98 Å². The van der Waals surface area contributed by atoms with Crippen LogP contribution in [-0.4, -0.2) is 4.98 Å². The minimum atomic E-state index is 0.206. The summed E-state index contributed by atoms with van der Waals surface area (Å²) in [5, 5.41) is 3.20. The first-order chi connectivity index (χ1) is 5.77. The van der Waals surface area contributed by atoms with Crippen LogP contribution in [0.4, 0.5) is 0 Å². The lowest BCUT2D eigenvalue weighted by Crippen LogP contribution is -2.26. The smallest absolute Gasteiger partial charge is 0.110 e. The van der Waals surface area contributed by atoms with E-state index in [0.717, 1.165) is 10.7 Å². The van der Waals surface area contributed by atoms with E-state index in [1.54, 1.807) is 11.3 Å². The number of rotatable bonds is 2. The zero-order valence-corrected chi connectivity index (χ0v) is 8.10. The summed E-state index contributed by atoms with van der Waals surface area (Å²) in [4.78, 5) is 4.41. The number of thiazole rings is 1. The molecule has 0 spiro atoms. The molecule has 1 aliphatic rings. The standard InChI is InChI=1S/C9H14N2S/c1-6-5-12-9(11-6)8(10)7-3-2-4-7/h5,7-8H,2-4,10H2,1H3. The van der Waals surface area contributed by atoms with Crippen molar-refractivity contribution in [2.45, 2.75) is 32.2 Å². The van der Waals surface area contributed by atoms with Crippen LogP contribution in [0.1, 0.15) is 36.0 Å². The summed E-state index contributed by atoms with van der Waals surface area (Å²) in [5.41, 5.74) is 7.16. The van der Waals surface area contributed by atoms with E-state index in [1.807, 2.05) is 6.92 Å². The highest BCUT2D eigenvalue weighted by atomic mass is 32.1.